The second kappa shape index (κ2) is 4.62. The molecule has 0 radical (unpaired) electrons. The van der Waals surface area contributed by atoms with Crippen molar-refractivity contribution in [3.05, 3.63) is 63.5 Å². The predicted molar refractivity (Wildman–Crippen MR) is 80.0 cm³/mol. The van der Waals surface area contributed by atoms with Gasteiger partial charge in [-0.3, -0.25) is 0 Å². The van der Waals surface area contributed by atoms with E-state index in [9.17, 15) is 9.59 Å². The second-order valence-electron chi connectivity index (χ2n) is 5.73. The van der Waals surface area contributed by atoms with Crippen LogP contribution in [-0.4, -0.2) is 13.9 Å². The third-order valence-corrected chi connectivity index (χ3v) is 4.45. The lowest BCUT2D eigenvalue weighted by atomic mass is 9.98. The van der Waals surface area contributed by atoms with Gasteiger partial charge in [0.05, 0.1) is 17.8 Å². The maximum Gasteiger partial charge on any atom is 0.352 e. The van der Waals surface area contributed by atoms with Crippen molar-refractivity contribution >= 4 is 0 Å². The molecule has 0 saturated heterocycles. The van der Waals surface area contributed by atoms with Gasteiger partial charge in [-0.1, -0.05) is 43.2 Å². The highest BCUT2D eigenvalue weighted by Crippen LogP contribution is 2.30. The number of allylic oxidation sites excluding steroid dienone is 2. The Morgan fingerprint density at radius 1 is 0.810 bits per heavy atom. The summed E-state index contributed by atoms with van der Waals surface area (Å²) in [5, 5.41) is 0. The van der Waals surface area contributed by atoms with Crippen molar-refractivity contribution in [2.24, 2.45) is 0 Å². The van der Waals surface area contributed by atoms with Gasteiger partial charge in [-0.25, -0.2) is 23.5 Å². The van der Waals surface area contributed by atoms with Crippen molar-refractivity contribution in [3.63, 3.8) is 0 Å². The van der Waals surface area contributed by atoms with Crippen LogP contribution in [-0.2, 0) is 0 Å². The Balaban J connectivity index is 2.01. The lowest BCUT2D eigenvalue weighted by Crippen LogP contribution is -2.36. The van der Waals surface area contributed by atoms with Crippen LogP contribution in [0.15, 0.2) is 52.1 Å². The molecule has 4 rings (SSSR count). The number of fused-ring (bicyclic) bond motifs is 5. The van der Waals surface area contributed by atoms with Gasteiger partial charge < -0.3 is 0 Å². The van der Waals surface area contributed by atoms with E-state index in [1.165, 1.54) is 4.57 Å². The number of nitrogens with zero attached hydrogens (tertiary/aromatic N) is 3. The Kier molecular flexibility index (Phi) is 2.74. The number of aromatic nitrogens is 3. The predicted octanol–water partition coefficient (Wildman–Crippen LogP) is 2.03. The summed E-state index contributed by atoms with van der Waals surface area (Å²) in [6.45, 7) is 0. The van der Waals surface area contributed by atoms with Gasteiger partial charge in [-0.15, -0.1) is 0 Å². The monoisotopic (exact) mass is 283 g/mol. The molecule has 1 aromatic heterocycles. The molecule has 1 aliphatic heterocycles. The molecule has 0 amide bonds. The standard InChI is InChI=1S/C16H17N3O2/c20-15-17(12-6-2-1-3-7-12)16(21)19-14-9-5-4-8-13(10-11-14)18(15)19/h1-3,6-7,10-11,13-14H,4-5,8-9H2/t13-,14+. The van der Waals surface area contributed by atoms with Gasteiger partial charge in [0, 0.05) is 0 Å². The van der Waals surface area contributed by atoms with Crippen molar-refractivity contribution in [1.29, 1.82) is 0 Å². The average molecular weight is 283 g/mol. The molecule has 1 aliphatic carbocycles. The third-order valence-electron chi connectivity index (χ3n) is 4.45. The van der Waals surface area contributed by atoms with E-state index >= 15 is 0 Å². The minimum absolute atomic E-state index is 0.00622. The molecule has 2 atom stereocenters. The molecule has 2 bridgehead atoms. The molecule has 5 nitrogen and oxygen atoms in total. The van der Waals surface area contributed by atoms with Crippen LogP contribution in [0.25, 0.3) is 5.69 Å². The molecule has 5 heteroatoms. The topological polar surface area (TPSA) is 48.9 Å². The number of benzene rings is 1. The molecule has 0 saturated carbocycles. The Hall–Kier alpha value is -2.30. The van der Waals surface area contributed by atoms with Gasteiger partial charge in [0.25, 0.3) is 0 Å². The highest BCUT2D eigenvalue weighted by atomic mass is 16.2. The van der Waals surface area contributed by atoms with E-state index < -0.39 is 0 Å². The molecule has 21 heavy (non-hydrogen) atoms. The maximum absolute atomic E-state index is 12.8. The molecule has 1 aromatic carbocycles. The first kappa shape index (κ1) is 12.4. The average Bonchev–Trinajstić information content (AvgIpc) is 2.72. The highest BCUT2D eigenvalue weighted by Gasteiger charge is 2.30. The van der Waals surface area contributed by atoms with Gasteiger partial charge >= 0.3 is 11.4 Å². The minimum Gasteiger partial charge on any atom is -0.245 e. The van der Waals surface area contributed by atoms with Gasteiger partial charge in [0.1, 0.15) is 0 Å². The van der Waals surface area contributed by atoms with Crippen molar-refractivity contribution < 1.29 is 0 Å². The zero-order valence-electron chi connectivity index (χ0n) is 11.7. The summed E-state index contributed by atoms with van der Waals surface area (Å²) in [7, 11) is 0. The van der Waals surface area contributed by atoms with Crippen molar-refractivity contribution in [1.82, 2.24) is 13.9 Å². The van der Waals surface area contributed by atoms with Gasteiger partial charge in [-0.2, -0.15) is 0 Å². The SMILES string of the molecule is O=c1n(-c2ccccc2)c(=O)n2n1[C@@H]1C=C[C@H]2CCCC1. The minimum atomic E-state index is -0.229. The Morgan fingerprint density at radius 3 is 1.86 bits per heavy atom. The van der Waals surface area contributed by atoms with Gasteiger partial charge in [-0.05, 0) is 25.0 Å². The number of hydrogen-bond donors (Lipinski definition) is 0. The lowest BCUT2D eigenvalue weighted by Gasteiger charge is -2.29. The first-order valence-corrected chi connectivity index (χ1v) is 7.47. The fourth-order valence-electron chi connectivity index (χ4n) is 3.44. The number of rotatable bonds is 1. The molecule has 0 unspecified atom stereocenters. The summed E-state index contributed by atoms with van der Waals surface area (Å²) in [6, 6.07) is 9.17. The molecular formula is C16H17N3O2. The quantitative estimate of drug-likeness (QED) is 0.752. The zero-order valence-corrected chi connectivity index (χ0v) is 11.7. The summed E-state index contributed by atoms with van der Waals surface area (Å²) < 4.78 is 4.59. The molecule has 0 fully saturated rings. The fourth-order valence-corrected chi connectivity index (χ4v) is 3.44. The maximum atomic E-state index is 12.8. The Labute approximate surface area is 121 Å². The smallest absolute Gasteiger partial charge is 0.245 e. The van der Waals surface area contributed by atoms with Gasteiger partial charge in [0.15, 0.2) is 0 Å². The summed E-state index contributed by atoms with van der Waals surface area (Å²) >= 11 is 0. The van der Waals surface area contributed by atoms with Crippen molar-refractivity contribution in [3.8, 4) is 5.69 Å². The largest absolute Gasteiger partial charge is 0.352 e. The van der Waals surface area contributed by atoms with E-state index in [0.717, 1.165) is 25.7 Å². The van der Waals surface area contributed by atoms with Crippen LogP contribution in [0.3, 0.4) is 0 Å². The van der Waals surface area contributed by atoms with Crippen LogP contribution in [0, 0.1) is 0 Å². The van der Waals surface area contributed by atoms with E-state index in [1.54, 1.807) is 21.5 Å². The Morgan fingerprint density at radius 2 is 1.33 bits per heavy atom. The first-order chi connectivity index (χ1) is 10.3. The highest BCUT2D eigenvalue weighted by molar-refractivity contribution is 5.30. The van der Waals surface area contributed by atoms with Crippen LogP contribution in [0.1, 0.15) is 37.8 Å². The van der Waals surface area contributed by atoms with E-state index in [1.807, 2.05) is 18.2 Å². The van der Waals surface area contributed by atoms with Crippen LogP contribution in [0.5, 0.6) is 0 Å². The molecule has 2 aliphatic rings. The molecule has 0 N–H and O–H groups in total. The second-order valence-corrected chi connectivity index (χ2v) is 5.73. The summed E-state index contributed by atoms with van der Waals surface area (Å²) in [5.74, 6) is 0. The van der Waals surface area contributed by atoms with Crippen LogP contribution < -0.4 is 11.4 Å². The van der Waals surface area contributed by atoms with Crippen LogP contribution in [0.2, 0.25) is 0 Å². The zero-order chi connectivity index (χ0) is 14.4. The Bertz CT molecular complexity index is 763. The first-order valence-electron chi connectivity index (χ1n) is 7.47. The normalized spacial score (nSPS) is 23.6. The molecular weight excluding hydrogens is 266 g/mol. The van der Waals surface area contributed by atoms with E-state index in [2.05, 4.69) is 12.2 Å². The van der Waals surface area contributed by atoms with E-state index in [-0.39, 0.29) is 23.5 Å². The van der Waals surface area contributed by atoms with Crippen LogP contribution in [0.4, 0.5) is 0 Å². The molecule has 2 heterocycles. The summed E-state index contributed by atoms with van der Waals surface area (Å²) in [4.78, 5) is 25.5. The van der Waals surface area contributed by atoms with E-state index in [4.69, 9.17) is 0 Å². The molecule has 2 aromatic rings. The summed E-state index contributed by atoms with van der Waals surface area (Å²) in [5.41, 5.74) is 0.179. The van der Waals surface area contributed by atoms with Crippen molar-refractivity contribution in [2.75, 3.05) is 0 Å². The number of hydrogen-bond acceptors (Lipinski definition) is 2. The molecule has 108 valence electrons. The van der Waals surface area contributed by atoms with E-state index in [0.29, 0.717) is 5.69 Å². The summed E-state index contributed by atoms with van der Waals surface area (Å²) in [6.07, 6.45) is 8.20. The van der Waals surface area contributed by atoms with Gasteiger partial charge in [0.2, 0.25) is 0 Å². The van der Waals surface area contributed by atoms with Crippen LogP contribution >= 0.6 is 0 Å². The molecule has 0 spiro atoms. The fraction of sp³-hybridized carbons (Fsp3) is 0.375. The number of para-hydroxylation sites is 1. The lowest BCUT2D eigenvalue weighted by molar-refractivity contribution is 0.289. The third kappa shape index (κ3) is 1.77. The van der Waals surface area contributed by atoms with Crippen molar-refractivity contribution in [2.45, 2.75) is 37.8 Å².